The highest BCUT2D eigenvalue weighted by molar-refractivity contribution is 7.09. The van der Waals surface area contributed by atoms with Crippen molar-refractivity contribution in [1.29, 1.82) is 0 Å². The number of amides is 1. The summed E-state index contributed by atoms with van der Waals surface area (Å²) >= 11 is 0.311. The maximum absolute atomic E-state index is 12.4. The summed E-state index contributed by atoms with van der Waals surface area (Å²) in [4.78, 5) is 26.0. The molecule has 116 valence electrons. The Bertz CT molecular complexity index is 552. The molecule has 6 nitrogen and oxygen atoms in total. The Kier molecular flexibility index (Phi) is 4.19. The number of carbonyl (C=O) groups is 2. The van der Waals surface area contributed by atoms with Gasteiger partial charge < -0.3 is 15.2 Å². The lowest BCUT2D eigenvalue weighted by Gasteiger charge is -2.26. The molecule has 0 saturated carbocycles. The van der Waals surface area contributed by atoms with Crippen LogP contribution in [0.1, 0.15) is 28.3 Å². The highest BCUT2D eigenvalue weighted by atomic mass is 32.1. The Morgan fingerprint density at radius 2 is 2.24 bits per heavy atom. The van der Waals surface area contributed by atoms with E-state index >= 15 is 0 Å². The van der Waals surface area contributed by atoms with Crippen LogP contribution in [0.25, 0.3) is 0 Å². The highest BCUT2D eigenvalue weighted by Crippen LogP contribution is 2.32. The fourth-order valence-corrected chi connectivity index (χ4v) is 2.66. The Morgan fingerprint density at radius 1 is 1.52 bits per heavy atom. The van der Waals surface area contributed by atoms with Crippen LogP contribution < -0.4 is 5.32 Å². The summed E-state index contributed by atoms with van der Waals surface area (Å²) in [7, 11) is 0. The first-order valence-corrected chi connectivity index (χ1v) is 6.75. The lowest BCUT2D eigenvalue weighted by Crippen LogP contribution is -2.50. The van der Waals surface area contributed by atoms with E-state index < -0.39 is 28.6 Å². The number of nitrogens with zero attached hydrogens (tertiary/aromatic N) is 1. The number of hydrogen-bond acceptors (Lipinski definition) is 5. The number of carboxylic acids is 1. The molecule has 0 radical (unpaired) electrons. The van der Waals surface area contributed by atoms with Crippen molar-refractivity contribution in [3.63, 3.8) is 0 Å². The first-order chi connectivity index (χ1) is 9.72. The van der Waals surface area contributed by atoms with Gasteiger partial charge in [0, 0.05) is 12.0 Å². The number of thiazole rings is 1. The quantitative estimate of drug-likeness (QED) is 0.877. The van der Waals surface area contributed by atoms with Crippen molar-refractivity contribution >= 4 is 23.2 Å². The average Bonchev–Trinajstić information content (AvgIpc) is 2.95. The molecule has 1 aliphatic rings. The summed E-state index contributed by atoms with van der Waals surface area (Å²) < 4.78 is 42.4. The second-order valence-electron chi connectivity index (χ2n) is 4.64. The third-order valence-electron chi connectivity index (χ3n) is 2.95. The number of halogens is 3. The van der Waals surface area contributed by atoms with E-state index in [0.29, 0.717) is 11.3 Å². The van der Waals surface area contributed by atoms with Gasteiger partial charge in [-0.2, -0.15) is 13.2 Å². The van der Waals surface area contributed by atoms with Crippen molar-refractivity contribution in [1.82, 2.24) is 10.3 Å². The third-order valence-corrected chi connectivity index (χ3v) is 3.84. The number of aliphatic carboxylic acids is 1. The van der Waals surface area contributed by atoms with Gasteiger partial charge >= 0.3 is 12.1 Å². The maximum atomic E-state index is 12.4. The second-order valence-corrected chi connectivity index (χ2v) is 5.50. The van der Waals surface area contributed by atoms with Gasteiger partial charge in [-0.15, -0.1) is 11.3 Å². The summed E-state index contributed by atoms with van der Waals surface area (Å²) in [5, 5.41) is 11.2. The second kappa shape index (κ2) is 5.60. The van der Waals surface area contributed by atoms with Gasteiger partial charge in [0.1, 0.15) is 5.69 Å². The zero-order valence-electron chi connectivity index (χ0n) is 10.6. The van der Waals surface area contributed by atoms with Gasteiger partial charge in [0.15, 0.2) is 5.01 Å². The Labute approximate surface area is 120 Å². The van der Waals surface area contributed by atoms with E-state index in [2.05, 4.69) is 10.3 Å². The molecule has 1 unspecified atom stereocenters. The van der Waals surface area contributed by atoms with Crippen molar-refractivity contribution in [2.75, 3.05) is 13.2 Å². The predicted octanol–water partition coefficient (Wildman–Crippen LogP) is 1.53. The van der Waals surface area contributed by atoms with E-state index in [1.165, 1.54) is 0 Å². The number of carbonyl (C=O) groups excluding carboxylic acids is 1. The fraction of sp³-hybridized carbons (Fsp3) is 0.545. The Balaban J connectivity index is 2.12. The van der Waals surface area contributed by atoms with Gasteiger partial charge in [-0.25, -0.2) is 4.98 Å². The van der Waals surface area contributed by atoms with Gasteiger partial charge in [0.05, 0.1) is 18.6 Å². The smallest absolute Gasteiger partial charge is 0.443 e. The molecule has 1 amide bonds. The van der Waals surface area contributed by atoms with E-state index in [4.69, 9.17) is 9.84 Å². The fourth-order valence-electron chi connectivity index (χ4n) is 1.99. The molecule has 0 aromatic carbocycles. The van der Waals surface area contributed by atoms with Crippen LogP contribution in [0, 0.1) is 0 Å². The number of alkyl halides is 3. The van der Waals surface area contributed by atoms with Crippen LogP contribution in [0.2, 0.25) is 0 Å². The topological polar surface area (TPSA) is 88.5 Å². The Hall–Kier alpha value is -1.68. The van der Waals surface area contributed by atoms with E-state index in [9.17, 15) is 22.8 Å². The number of rotatable bonds is 4. The van der Waals surface area contributed by atoms with E-state index in [1.54, 1.807) is 0 Å². The minimum atomic E-state index is -4.61. The summed E-state index contributed by atoms with van der Waals surface area (Å²) in [6.07, 6.45) is -4.70. The zero-order chi connectivity index (χ0) is 15.7. The molecule has 1 atom stereocenters. The summed E-state index contributed by atoms with van der Waals surface area (Å²) in [5.41, 5.74) is -1.49. The molecule has 1 aromatic rings. The van der Waals surface area contributed by atoms with Crippen LogP contribution in [-0.4, -0.2) is 40.7 Å². The molecule has 0 spiro atoms. The molecule has 2 N–H and O–H groups in total. The molecule has 2 heterocycles. The van der Waals surface area contributed by atoms with Gasteiger partial charge in [-0.05, 0) is 6.42 Å². The minimum Gasteiger partial charge on any atom is -0.481 e. The van der Waals surface area contributed by atoms with Crippen LogP contribution in [-0.2, 0) is 15.7 Å². The van der Waals surface area contributed by atoms with Crippen molar-refractivity contribution in [3.05, 3.63) is 16.1 Å². The molecule has 2 rings (SSSR count). The molecule has 1 fully saturated rings. The van der Waals surface area contributed by atoms with Gasteiger partial charge in [-0.1, -0.05) is 0 Å². The molecule has 0 aliphatic carbocycles. The van der Waals surface area contributed by atoms with Gasteiger partial charge in [0.2, 0.25) is 0 Å². The lowest BCUT2D eigenvalue weighted by molar-refractivity contribution is -0.139. The van der Waals surface area contributed by atoms with Crippen LogP contribution >= 0.6 is 11.3 Å². The molecule has 21 heavy (non-hydrogen) atoms. The van der Waals surface area contributed by atoms with E-state index in [-0.39, 0.29) is 31.7 Å². The molecule has 10 heteroatoms. The third kappa shape index (κ3) is 3.70. The number of aromatic nitrogens is 1. The monoisotopic (exact) mass is 324 g/mol. The molecule has 0 bridgehead atoms. The number of hydrogen-bond donors (Lipinski definition) is 2. The first-order valence-electron chi connectivity index (χ1n) is 5.87. The van der Waals surface area contributed by atoms with Gasteiger partial charge in [0.25, 0.3) is 5.91 Å². The first kappa shape index (κ1) is 15.7. The molecule has 1 aliphatic heterocycles. The number of carboxylic acid groups (broad SMARTS) is 1. The SMILES string of the molecule is O=C(O)CC1(NC(=O)c2csc(C(F)(F)F)n2)CCOC1. The highest BCUT2D eigenvalue weighted by Gasteiger charge is 2.40. The molecule has 1 aromatic heterocycles. The Morgan fingerprint density at radius 3 is 2.71 bits per heavy atom. The van der Waals surface area contributed by atoms with Crippen molar-refractivity contribution in [2.45, 2.75) is 24.6 Å². The predicted molar refractivity (Wildman–Crippen MR) is 65.0 cm³/mol. The summed E-state index contributed by atoms with van der Waals surface area (Å²) in [6, 6.07) is 0. The average molecular weight is 324 g/mol. The van der Waals surface area contributed by atoms with Crippen LogP contribution in [0.4, 0.5) is 13.2 Å². The number of ether oxygens (including phenoxy) is 1. The van der Waals surface area contributed by atoms with Crippen molar-refractivity contribution in [3.8, 4) is 0 Å². The van der Waals surface area contributed by atoms with Crippen LogP contribution in [0.3, 0.4) is 0 Å². The number of nitrogens with one attached hydrogen (secondary N) is 1. The normalized spacial score (nSPS) is 22.2. The van der Waals surface area contributed by atoms with E-state index in [1.807, 2.05) is 0 Å². The summed E-state index contributed by atoms with van der Waals surface area (Å²) in [5.74, 6) is -1.97. The summed E-state index contributed by atoms with van der Waals surface area (Å²) in [6.45, 7) is 0.278. The van der Waals surface area contributed by atoms with Crippen molar-refractivity contribution in [2.24, 2.45) is 0 Å². The zero-order valence-corrected chi connectivity index (χ0v) is 11.4. The van der Waals surface area contributed by atoms with Crippen molar-refractivity contribution < 1.29 is 32.6 Å². The molecular weight excluding hydrogens is 313 g/mol. The van der Waals surface area contributed by atoms with Gasteiger partial charge in [-0.3, -0.25) is 9.59 Å². The largest absolute Gasteiger partial charge is 0.481 e. The molecule has 1 saturated heterocycles. The molecular formula is C11H11F3N2O4S. The lowest BCUT2D eigenvalue weighted by atomic mass is 9.94. The standard InChI is InChI=1S/C11H11F3N2O4S/c12-11(13,14)9-15-6(4-21-9)8(19)16-10(3-7(17)18)1-2-20-5-10/h4H,1-3,5H2,(H,16,19)(H,17,18). The van der Waals surface area contributed by atoms with E-state index in [0.717, 1.165) is 5.38 Å². The minimum absolute atomic E-state index is 0.00129. The van der Waals surface area contributed by atoms with Crippen LogP contribution in [0.5, 0.6) is 0 Å². The maximum Gasteiger partial charge on any atom is 0.443 e. The van der Waals surface area contributed by atoms with Crippen LogP contribution in [0.15, 0.2) is 5.38 Å².